The third kappa shape index (κ3) is 55.1. The van der Waals surface area contributed by atoms with Crippen molar-refractivity contribution in [2.75, 3.05) is 177 Å². The predicted octanol–water partition coefficient (Wildman–Crippen LogP) is 28.8. The number of alkyl halides is 3. The molecule has 0 radical (unpaired) electrons. The first-order valence-electron chi connectivity index (χ1n) is 58.4. The van der Waals surface area contributed by atoms with Crippen LogP contribution >= 0.6 is 0 Å². The van der Waals surface area contributed by atoms with E-state index in [-0.39, 0.29) is 19.1 Å². The Kier molecular flexibility index (Phi) is 64.3. The summed E-state index contributed by atoms with van der Waals surface area (Å²) in [5, 5.41) is 0. The zero-order valence-electron chi connectivity index (χ0n) is 98.7. The van der Waals surface area contributed by atoms with Gasteiger partial charge < -0.3 is 44.1 Å². The molecule has 0 aromatic heterocycles. The van der Waals surface area contributed by atoms with Crippen LogP contribution < -0.4 is 0 Å². The summed E-state index contributed by atoms with van der Waals surface area (Å²) in [4.78, 5) is 32.1. The number of halogens is 3. The number of hydrogen-bond donors (Lipinski definition) is 0. The zero-order valence-corrected chi connectivity index (χ0v) is 98.7. The molecule has 14 fully saturated rings. The molecule has 812 valence electrons. The van der Waals surface area contributed by atoms with E-state index in [9.17, 15) is 13.2 Å². The lowest BCUT2D eigenvalue weighted by atomic mass is 9.63. The van der Waals surface area contributed by atoms with Gasteiger partial charge in [-0.3, -0.25) is 19.6 Å². The van der Waals surface area contributed by atoms with Gasteiger partial charge in [0.15, 0.2) is 0 Å². The lowest BCUT2D eigenvalue weighted by Crippen LogP contribution is -2.61. The van der Waals surface area contributed by atoms with Crippen molar-refractivity contribution in [2.45, 2.75) is 505 Å². The van der Waals surface area contributed by atoms with Crippen molar-refractivity contribution >= 4 is 0 Å². The highest BCUT2D eigenvalue weighted by Gasteiger charge is 2.48. The number of likely N-dealkylation sites (tertiary alicyclic amines) is 11. The van der Waals surface area contributed by atoms with Crippen LogP contribution in [0.4, 0.5) is 13.2 Å². The zero-order chi connectivity index (χ0) is 104. The fraction of sp³-hybridized carbons (Fsp3) is 0.902. The number of likely N-dealkylation sites (N-methyl/N-ethyl adjacent to an activating group) is 1. The lowest BCUT2D eigenvalue weighted by Gasteiger charge is -2.57. The molecule has 0 amide bonds. The molecule has 2 saturated carbocycles. The SMILES string of the molecule is CC(C)N1CC(F)(F)C1.CC(C)N1CC2(CCC2)C1.CC(C)N1CC2(CCCCC2)C1.CC(C)N1CCC(C)(C)CC1.CC(C)N1CCC(C)(F)CC1.CC(C)N1CCCC1.CC(C)N1CCCCC1.CC(C)N1CCCCC1.CC(C)N1CCN(C)CC1.CC(C)c1ccccc1.CC1CCN(C(C)C)CC1.CC1CCN(C(C)C)CC1.CC1CCN(C(C)C)CC1.Cc1ccc(C(C)C)cc1. The Balaban J connectivity index is 0.000000383. The first-order valence-corrected chi connectivity index (χ1v) is 58.4. The van der Waals surface area contributed by atoms with Crippen LogP contribution in [0.2, 0.25) is 0 Å². The molecule has 12 heterocycles. The van der Waals surface area contributed by atoms with Gasteiger partial charge in [0.1, 0.15) is 5.67 Å². The molecule has 14 aliphatic rings. The Morgan fingerprint density at radius 2 is 0.471 bits per heavy atom. The Morgan fingerprint density at radius 1 is 0.239 bits per heavy atom. The largest absolute Gasteiger partial charge is 0.304 e. The van der Waals surface area contributed by atoms with Crippen LogP contribution in [0.15, 0.2) is 54.6 Å². The fourth-order valence-electron chi connectivity index (χ4n) is 20.9. The summed E-state index contributed by atoms with van der Waals surface area (Å²) in [5.74, 6) is 1.82. The van der Waals surface area contributed by atoms with Crippen molar-refractivity contribution < 1.29 is 13.2 Å². The highest BCUT2D eigenvalue weighted by atomic mass is 19.3. The van der Waals surface area contributed by atoms with Gasteiger partial charge >= 0.3 is 0 Å². The summed E-state index contributed by atoms with van der Waals surface area (Å²) >= 11 is 0. The molecule has 2 aromatic carbocycles. The van der Waals surface area contributed by atoms with Gasteiger partial charge in [-0.15, -0.1) is 0 Å². The van der Waals surface area contributed by atoms with Crippen molar-refractivity contribution in [3.05, 3.63) is 71.3 Å². The van der Waals surface area contributed by atoms with E-state index in [4.69, 9.17) is 0 Å². The Labute approximate surface area is 859 Å². The highest BCUT2D eigenvalue weighted by molar-refractivity contribution is 5.23. The maximum Gasteiger partial charge on any atom is 0.272 e. The molecular weight excluding hydrogens is 1700 g/mol. The van der Waals surface area contributed by atoms with Gasteiger partial charge in [0.2, 0.25) is 0 Å². The molecule has 138 heavy (non-hydrogen) atoms. The topological polar surface area (TPSA) is 42.1 Å². The normalized spacial score (nSPS) is 23.3. The summed E-state index contributed by atoms with van der Waals surface area (Å²) in [6, 6.07) is 27.7. The summed E-state index contributed by atoms with van der Waals surface area (Å²) in [7, 11) is 2.19. The molecule has 16 rings (SSSR count). The van der Waals surface area contributed by atoms with Crippen LogP contribution in [0.25, 0.3) is 0 Å². The van der Waals surface area contributed by atoms with Gasteiger partial charge in [-0.25, -0.2) is 13.2 Å². The second kappa shape index (κ2) is 68.4. The summed E-state index contributed by atoms with van der Waals surface area (Å²) in [6.07, 6.45) is 35.9. The first kappa shape index (κ1) is 130. The van der Waals surface area contributed by atoms with Gasteiger partial charge in [-0.2, -0.15) is 0 Å². The van der Waals surface area contributed by atoms with Gasteiger partial charge in [0.05, 0.1) is 13.1 Å². The minimum absolute atomic E-state index is 0.0509. The van der Waals surface area contributed by atoms with E-state index < -0.39 is 11.6 Å². The third-order valence-corrected chi connectivity index (χ3v) is 33.2. The molecule has 0 N–H and O–H groups in total. The minimum Gasteiger partial charge on any atom is -0.304 e. The van der Waals surface area contributed by atoms with Crippen LogP contribution in [-0.2, 0) is 0 Å². The predicted molar refractivity (Wildman–Crippen MR) is 604 cm³/mol. The summed E-state index contributed by atoms with van der Waals surface area (Å²) < 4.78 is 37.5. The van der Waals surface area contributed by atoms with Crippen LogP contribution in [0.1, 0.15) is 431 Å². The molecule has 12 saturated heterocycles. The maximum atomic E-state index is 13.3. The second-order valence-electron chi connectivity index (χ2n) is 50.8. The van der Waals surface area contributed by atoms with E-state index >= 15 is 0 Å². The van der Waals surface area contributed by atoms with Crippen molar-refractivity contribution in [1.29, 1.82) is 0 Å². The minimum atomic E-state index is -2.40. The summed E-state index contributed by atoms with van der Waals surface area (Å²) in [6.45, 7) is 109. The third-order valence-electron chi connectivity index (χ3n) is 33.2. The van der Waals surface area contributed by atoms with Crippen molar-refractivity contribution in [3.8, 4) is 0 Å². The van der Waals surface area contributed by atoms with E-state index in [1.807, 2.05) is 19.9 Å². The number of nitrogens with zero attached hydrogens (tertiary/aromatic N) is 13. The number of piperidine rings is 7. The monoisotopic (exact) mass is 1940 g/mol. The number of rotatable bonds is 14. The second-order valence-corrected chi connectivity index (χ2v) is 50.8. The van der Waals surface area contributed by atoms with Crippen LogP contribution in [0, 0.1) is 40.9 Å². The van der Waals surface area contributed by atoms with Crippen molar-refractivity contribution in [2.24, 2.45) is 34.0 Å². The molecule has 0 atom stereocenters. The Hall–Kier alpha value is -2.29. The Morgan fingerprint density at radius 3 is 0.710 bits per heavy atom. The van der Waals surface area contributed by atoms with Gasteiger partial charge in [-0.1, -0.05) is 161 Å². The molecule has 12 aliphatic heterocycles. The number of piperazine rings is 1. The smallest absolute Gasteiger partial charge is 0.272 e. The van der Waals surface area contributed by atoms with Crippen LogP contribution in [-0.4, -0.2) is 325 Å². The van der Waals surface area contributed by atoms with Crippen molar-refractivity contribution in [1.82, 2.24) is 63.7 Å². The van der Waals surface area contributed by atoms with Gasteiger partial charge in [0, 0.05) is 138 Å². The number of aryl methyl sites for hydroxylation is 1. The number of hydrogen-bond acceptors (Lipinski definition) is 13. The molecule has 16 heteroatoms. The maximum absolute atomic E-state index is 13.3. The fourth-order valence-corrected chi connectivity index (χ4v) is 20.9. The lowest BCUT2D eigenvalue weighted by molar-refractivity contribution is -0.141. The molecular formula is C122H238F3N13. The highest BCUT2D eigenvalue weighted by Crippen LogP contribution is 2.49. The van der Waals surface area contributed by atoms with E-state index in [0.29, 0.717) is 36.1 Å². The first-order chi connectivity index (χ1) is 64.7. The standard InChI is InChI=1S/C11H21N.C10H21N.C10H14.C9H18FN.C9H17N.3C9H19N.C9H12.C8H18N2.2C8H17N.C7H15N.C6H11F2N/c1-10(2)12-8-11(9-12)6-4-3-5-7-11;1-9(2)11-7-5-10(3,4)6-8-11;1-8(2)10-6-4-9(3)5-7-10;1-8(2)11-6-4-9(3,10)5-7-11;1-8(2)10-6-9(7-10)4-3-5-9;3*1-8(2)10-6-4-9(3)5-7-10;1-8(2)9-6-4-3-5-7-9;1-8(2)10-6-4-9(3)5-7-10;2*1-8(2)9-6-4-3-5-7-9;1-7(2)8-5-3-4-6-8;1-5(2)9-3-6(7,8)4-9/h10H,3-9H2,1-2H3;9H,5-8H2,1-4H3;4-8H,1-3H3;8H,4-7H2,1-3H3;8H,3-7H2,1-2H3;3*8-9H,4-7H2,1-3H3;3-8H,1-2H3;8H,4-7H2,1-3H3;2*8H,3-7H2,1-2H3;7H,3-6H2,1-2H3;5H,3-4H2,1-2H3. The molecule has 2 aliphatic carbocycles. The Bertz CT molecular complexity index is 3000. The quantitative estimate of drug-likeness (QED) is 0.181. The van der Waals surface area contributed by atoms with Crippen molar-refractivity contribution in [3.63, 3.8) is 0 Å². The van der Waals surface area contributed by atoms with E-state index in [1.54, 1.807) is 11.8 Å². The number of benzene rings is 2. The summed E-state index contributed by atoms with van der Waals surface area (Å²) in [5.41, 5.74) is 5.48. The van der Waals surface area contributed by atoms with E-state index in [0.717, 1.165) is 102 Å². The van der Waals surface area contributed by atoms with Crippen LogP contribution in [0.3, 0.4) is 0 Å². The average Bonchev–Trinajstić information content (AvgIpc) is 0.781. The molecule has 2 spiro atoms. The molecule has 0 bridgehead atoms. The van der Waals surface area contributed by atoms with Crippen LogP contribution in [0.5, 0.6) is 0 Å². The van der Waals surface area contributed by atoms with Gasteiger partial charge in [0.25, 0.3) is 5.92 Å². The van der Waals surface area contributed by atoms with Gasteiger partial charge in [-0.05, 0) is 464 Å². The van der Waals surface area contributed by atoms with E-state index in [1.165, 1.54) is 315 Å². The molecule has 0 unspecified atom stereocenters. The average molecular weight is 1940 g/mol. The molecule has 13 nitrogen and oxygen atoms in total. The van der Waals surface area contributed by atoms with E-state index in [2.05, 4.69) is 336 Å². The molecule has 2 aromatic rings.